The van der Waals surface area contributed by atoms with Gasteiger partial charge in [0.2, 0.25) is 5.95 Å². The zero-order valence-electron chi connectivity index (χ0n) is 15.3. The highest BCUT2D eigenvalue weighted by molar-refractivity contribution is 5.66. The fourth-order valence-corrected chi connectivity index (χ4v) is 2.49. The Balaban J connectivity index is 1.82. The summed E-state index contributed by atoms with van der Waals surface area (Å²) >= 11 is 0. The van der Waals surface area contributed by atoms with Crippen molar-refractivity contribution in [1.29, 1.82) is 0 Å². The Morgan fingerprint density at radius 3 is 2.42 bits per heavy atom. The van der Waals surface area contributed by atoms with Gasteiger partial charge in [0.05, 0.1) is 19.9 Å². The number of hydrogen-bond donors (Lipinski definition) is 2. The number of hydrogen-bond acceptors (Lipinski definition) is 6. The first-order valence-corrected chi connectivity index (χ1v) is 8.25. The molecule has 26 heavy (non-hydrogen) atoms. The van der Waals surface area contributed by atoms with E-state index in [0.29, 0.717) is 17.5 Å². The van der Waals surface area contributed by atoms with Crippen LogP contribution in [-0.4, -0.2) is 24.2 Å². The molecule has 0 fully saturated rings. The van der Waals surface area contributed by atoms with Gasteiger partial charge in [0.15, 0.2) is 0 Å². The molecule has 6 heteroatoms. The Morgan fingerprint density at radius 2 is 1.69 bits per heavy atom. The van der Waals surface area contributed by atoms with Gasteiger partial charge >= 0.3 is 0 Å². The van der Waals surface area contributed by atoms with E-state index in [1.165, 1.54) is 11.1 Å². The third-order valence-electron chi connectivity index (χ3n) is 4.09. The van der Waals surface area contributed by atoms with Gasteiger partial charge in [-0.05, 0) is 55.3 Å². The Hall–Kier alpha value is -3.28. The van der Waals surface area contributed by atoms with E-state index in [0.717, 1.165) is 17.1 Å². The van der Waals surface area contributed by atoms with E-state index in [1.807, 2.05) is 30.3 Å². The van der Waals surface area contributed by atoms with Crippen molar-refractivity contribution in [2.75, 3.05) is 24.9 Å². The predicted molar refractivity (Wildman–Crippen MR) is 104 cm³/mol. The predicted octanol–water partition coefficient (Wildman–Crippen LogP) is 4.60. The van der Waals surface area contributed by atoms with Crippen LogP contribution in [0.2, 0.25) is 0 Å². The van der Waals surface area contributed by atoms with Gasteiger partial charge in [-0.15, -0.1) is 0 Å². The summed E-state index contributed by atoms with van der Waals surface area (Å²) in [6, 6.07) is 13.5. The van der Waals surface area contributed by atoms with Crippen LogP contribution in [0.3, 0.4) is 0 Å². The Kier molecular flexibility index (Phi) is 5.22. The van der Waals surface area contributed by atoms with E-state index >= 15 is 0 Å². The monoisotopic (exact) mass is 350 g/mol. The molecule has 6 nitrogen and oxygen atoms in total. The molecular formula is C20H22N4O2. The molecule has 0 saturated heterocycles. The molecule has 0 atom stereocenters. The molecule has 0 amide bonds. The van der Waals surface area contributed by atoms with Gasteiger partial charge in [-0.25, -0.2) is 4.98 Å². The maximum Gasteiger partial charge on any atom is 0.229 e. The van der Waals surface area contributed by atoms with Gasteiger partial charge in [0.25, 0.3) is 0 Å². The molecular weight excluding hydrogens is 328 g/mol. The molecule has 0 aliphatic rings. The number of benzene rings is 2. The second-order valence-corrected chi connectivity index (χ2v) is 5.88. The van der Waals surface area contributed by atoms with Crippen LogP contribution < -0.4 is 20.1 Å². The topological polar surface area (TPSA) is 68.3 Å². The van der Waals surface area contributed by atoms with Crippen LogP contribution >= 0.6 is 0 Å². The highest BCUT2D eigenvalue weighted by Gasteiger charge is 2.08. The first-order valence-electron chi connectivity index (χ1n) is 8.25. The molecule has 2 N–H and O–H groups in total. The second-order valence-electron chi connectivity index (χ2n) is 5.88. The quantitative estimate of drug-likeness (QED) is 0.677. The van der Waals surface area contributed by atoms with Crippen molar-refractivity contribution in [3.05, 3.63) is 59.8 Å². The molecule has 134 valence electrons. The van der Waals surface area contributed by atoms with E-state index < -0.39 is 0 Å². The lowest BCUT2D eigenvalue weighted by Gasteiger charge is -2.13. The van der Waals surface area contributed by atoms with Gasteiger partial charge in [-0.2, -0.15) is 4.98 Å². The fourth-order valence-electron chi connectivity index (χ4n) is 2.49. The van der Waals surface area contributed by atoms with Crippen molar-refractivity contribution in [1.82, 2.24) is 9.97 Å². The van der Waals surface area contributed by atoms with Crippen LogP contribution in [0.5, 0.6) is 11.5 Å². The van der Waals surface area contributed by atoms with Crippen molar-refractivity contribution in [3.63, 3.8) is 0 Å². The molecule has 0 unspecified atom stereocenters. The Morgan fingerprint density at radius 1 is 0.846 bits per heavy atom. The third kappa shape index (κ3) is 4.03. The van der Waals surface area contributed by atoms with E-state index in [-0.39, 0.29) is 0 Å². The zero-order valence-corrected chi connectivity index (χ0v) is 15.3. The van der Waals surface area contributed by atoms with Crippen LogP contribution in [0.15, 0.2) is 48.7 Å². The van der Waals surface area contributed by atoms with Crippen molar-refractivity contribution in [2.24, 2.45) is 0 Å². The van der Waals surface area contributed by atoms with Crippen LogP contribution in [0, 0.1) is 13.8 Å². The summed E-state index contributed by atoms with van der Waals surface area (Å²) in [4.78, 5) is 8.80. The molecule has 0 bridgehead atoms. The zero-order chi connectivity index (χ0) is 18.5. The van der Waals surface area contributed by atoms with Crippen LogP contribution in [0.1, 0.15) is 11.1 Å². The van der Waals surface area contributed by atoms with E-state index in [1.54, 1.807) is 20.4 Å². The van der Waals surface area contributed by atoms with Crippen molar-refractivity contribution in [3.8, 4) is 11.5 Å². The van der Waals surface area contributed by atoms with Crippen LogP contribution in [0.25, 0.3) is 0 Å². The number of nitrogens with one attached hydrogen (secondary N) is 2. The minimum absolute atomic E-state index is 0.463. The molecule has 1 heterocycles. The smallest absolute Gasteiger partial charge is 0.229 e. The van der Waals surface area contributed by atoms with E-state index in [4.69, 9.17) is 9.47 Å². The first kappa shape index (κ1) is 17.5. The van der Waals surface area contributed by atoms with Gasteiger partial charge < -0.3 is 20.1 Å². The molecule has 0 aliphatic heterocycles. The number of methoxy groups -OCH3 is 2. The minimum atomic E-state index is 0.463. The van der Waals surface area contributed by atoms with E-state index in [2.05, 4.69) is 46.6 Å². The largest absolute Gasteiger partial charge is 0.497 e. The SMILES string of the molecule is COc1ccc(OC)c(Nc2nccc(Nc3ccc(C)c(C)c3)n2)c1. The number of nitrogens with zero attached hydrogens (tertiary/aromatic N) is 2. The maximum atomic E-state index is 5.38. The average Bonchev–Trinajstić information content (AvgIpc) is 2.65. The summed E-state index contributed by atoms with van der Waals surface area (Å²) in [6.07, 6.45) is 1.70. The van der Waals surface area contributed by atoms with Gasteiger partial charge in [0, 0.05) is 18.0 Å². The lowest BCUT2D eigenvalue weighted by Crippen LogP contribution is -2.02. The Bertz CT molecular complexity index is 912. The summed E-state index contributed by atoms with van der Waals surface area (Å²) in [6.45, 7) is 4.18. The summed E-state index contributed by atoms with van der Waals surface area (Å²) in [5.74, 6) is 2.57. The molecule has 3 rings (SSSR count). The van der Waals surface area contributed by atoms with Crippen molar-refractivity contribution >= 4 is 23.1 Å². The number of ether oxygens (including phenoxy) is 2. The number of aryl methyl sites for hydroxylation is 2. The second kappa shape index (κ2) is 7.74. The minimum Gasteiger partial charge on any atom is -0.497 e. The lowest BCUT2D eigenvalue weighted by atomic mass is 10.1. The average molecular weight is 350 g/mol. The third-order valence-corrected chi connectivity index (χ3v) is 4.09. The van der Waals surface area contributed by atoms with Crippen molar-refractivity contribution < 1.29 is 9.47 Å². The Labute approximate surface area is 153 Å². The molecule has 3 aromatic rings. The standard InChI is InChI=1S/C20H22N4O2/c1-13-5-6-15(11-14(13)2)22-19-9-10-21-20(24-19)23-17-12-16(25-3)7-8-18(17)26-4/h5-12H,1-4H3,(H2,21,22,23,24). The van der Waals surface area contributed by atoms with Gasteiger partial charge in [0.1, 0.15) is 17.3 Å². The summed E-state index contributed by atoms with van der Waals surface area (Å²) in [7, 11) is 3.24. The summed E-state index contributed by atoms with van der Waals surface area (Å²) in [5.41, 5.74) is 4.20. The van der Waals surface area contributed by atoms with Crippen LogP contribution in [0.4, 0.5) is 23.1 Å². The molecule has 1 aromatic heterocycles. The first-order chi connectivity index (χ1) is 12.6. The normalized spacial score (nSPS) is 10.3. The lowest BCUT2D eigenvalue weighted by molar-refractivity contribution is 0.405. The highest BCUT2D eigenvalue weighted by Crippen LogP contribution is 2.31. The fraction of sp³-hybridized carbons (Fsp3) is 0.200. The number of anilines is 4. The van der Waals surface area contributed by atoms with Crippen LogP contribution in [-0.2, 0) is 0 Å². The molecule has 0 radical (unpaired) electrons. The molecule has 2 aromatic carbocycles. The van der Waals surface area contributed by atoms with E-state index in [9.17, 15) is 0 Å². The maximum absolute atomic E-state index is 5.38. The molecule has 0 saturated carbocycles. The highest BCUT2D eigenvalue weighted by atomic mass is 16.5. The summed E-state index contributed by atoms with van der Waals surface area (Å²) < 4.78 is 10.6. The van der Waals surface area contributed by atoms with Gasteiger partial charge in [-0.1, -0.05) is 6.07 Å². The molecule has 0 aliphatic carbocycles. The number of rotatable bonds is 6. The summed E-state index contributed by atoms with van der Waals surface area (Å²) in [5, 5.41) is 6.48. The van der Waals surface area contributed by atoms with Gasteiger partial charge in [-0.3, -0.25) is 0 Å². The molecule has 0 spiro atoms. The number of aromatic nitrogens is 2. The van der Waals surface area contributed by atoms with Crippen molar-refractivity contribution in [2.45, 2.75) is 13.8 Å².